The van der Waals surface area contributed by atoms with Crippen LogP contribution in [-0.4, -0.2) is 35.6 Å². The van der Waals surface area contributed by atoms with Crippen molar-refractivity contribution in [1.29, 1.82) is 0 Å². The van der Waals surface area contributed by atoms with Crippen LogP contribution >= 0.6 is 0 Å². The maximum Gasteiger partial charge on any atom is 0.132 e. The van der Waals surface area contributed by atoms with E-state index in [0.717, 1.165) is 38.3 Å². The minimum Gasteiger partial charge on any atom is -0.300 e. The zero-order chi connectivity index (χ0) is 13.5. The molecule has 0 spiro atoms. The molecule has 0 saturated carbocycles. The Bertz CT molecular complexity index is 314. The highest BCUT2D eigenvalue weighted by atomic mass is 16.1. The normalized spacial score (nSPS) is 31.8. The molecule has 19 heavy (non-hydrogen) atoms. The van der Waals surface area contributed by atoms with Crippen LogP contribution in [0.1, 0.15) is 70.6 Å². The molecule has 0 radical (unpaired) electrons. The number of hydrogen-bond acceptors (Lipinski definition) is 3. The van der Waals surface area contributed by atoms with E-state index in [2.05, 4.69) is 4.90 Å². The lowest BCUT2D eigenvalue weighted by Gasteiger charge is -2.06. The fraction of sp³-hybridized carbons (Fsp3) is 0.875. The number of fused-ring (bicyclic) bond motifs is 1. The second kappa shape index (κ2) is 7.78. The topological polar surface area (TPSA) is 37.1 Å². The maximum atomic E-state index is 11.7. The summed E-state index contributed by atoms with van der Waals surface area (Å²) in [6.45, 7) is 2.34. The van der Waals surface area contributed by atoms with Gasteiger partial charge < -0.3 is 0 Å². The summed E-state index contributed by atoms with van der Waals surface area (Å²) in [5.41, 5.74) is 0. The molecular weight excluding hydrogens is 238 g/mol. The predicted octanol–water partition coefficient (Wildman–Crippen LogP) is 3.11. The lowest BCUT2D eigenvalue weighted by Crippen LogP contribution is -2.08. The van der Waals surface area contributed by atoms with Gasteiger partial charge in [-0.15, -0.1) is 0 Å². The SMILES string of the molecule is O=C1CCCCCCC2CN2CCCC(=O)CCC1. The van der Waals surface area contributed by atoms with Crippen LogP contribution in [0.25, 0.3) is 0 Å². The lowest BCUT2D eigenvalue weighted by atomic mass is 10.0. The molecule has 3 nitrogen and oxygen atoms in total. The molecule has 3 heteroatoms. The summed E-state index contributed by atoms with van der Waals surface area (Å²) in [7, 11) is 0. The average molecular weight is 265 g/mol. The fourth-order valence-corrected chi connectivity index (χ4v) is 3.04. The quantitative estimate of drug-likeness (QED) is 0.632. The number of Topliss-reactive ketones (excluding diaryl/α,β-unsaturated/α-hetero) is 2. The van der Waals surface area contributed by atoms with E-state index in [1.807, 2.05) is 0 Å². The van der Waals surface area contributed by atoms with Gasteiger partial charge in [-0.1, -0.05) is 19.3 Å². The Morgan fingerprint density at radius 3 is 2.16 bits per heavy atom. The maximum absolute atomic E-state index is 11.7. The molecule has 2 aliphatic rings. The van der Waals surface area contributed by atoms with Crippen LogP contribution in [0, 0.1) is 0 Å². The van der Waals surface area contributed by atoms with Crippen LogP contribution in [0.4, 0.5) is 0 Å². The molecule has 2 saturated heterocycles. The molecule has 0 aromatic heterocycles. The fourth-order valence-electron chi connectivity index (χ4n) is 3.04. The molecule has 2 fully saturated rings. The first-order valence-corrected chi connectivity index (χ1v) is 8.03. The van der Waals surface area contributed by atoms with Gasteiger partial charge in [0.2, 0.25) is 0 Å². The summed E-state index contributed by atoms with van der Waals surface area (Å²) in [6.07, 6.45) is 10.5. The van der Waals surface area contributed by atoms with E-state index in [1.54, 1.807) is 0 Å². The molecule has 2 atom stereocenters. The molecule has 108 valence electrons. The molecule has 0 aromatic carbocycles. The first-order valence-electron chi connectivity index (χ1n) is 8.03. The molecule has 0 aromatic rings. The third kappa shape index (κ3) is 5.85. The average Bonchev–Trinajstić information content (AvgIpc) is 3.11. The zero-order valence-electron chi connectivity index (χ0n) is 12.0. The Hall–Kier alpha value is -0.700. The van der Waals surface area contributed by atoms with Crippen LogP contribution < -0.4 is 0 Å². The highest BCUT2D eigenvalue weighted by Gasteiger charge is 2.32. The molecule has 2 unspecified atom stereocenters. The molecule has 0 bridgehead atoms. The van der Waals surface area contributed by atoms with E-state index < -0.39 is 0 Å². The smallest absolute Gasteiger partial charge is 0.132 e. The Balaban J connectivity index is 1.71. The molecule has 2 rings (SSSR count). The number of hydrogen-bond donors (Lipinski definition) is 0. The van der Waals surface area contributed by atoms with E-state index in [1.165, 1.54) is 32.2 Å². The van der Waals surface area contributed by atoms with Gasteiger partial charge in [-0.25, -0.2) is 0 Å². The van der Waals surface area contributed by atoms with Gasteiger partial charge in [0, 0.05) is 38.3 Å². The van der Waals surface area contributed by atoms with Crippen molar-refractivity contribution < 1.29 is 9.59 Å². The zero-order valence-corrected chi connectivity index (χ0v) is 12.0. The van der Waals surface area contributed by atoms with E-state index in [-0.39, 0.29) is 0 Å². The van der Waals surface area contributed by atoms with E-state index in [4.69, 9.17) is 0 Å². The summed E-state index contributed by atoms with van der Waals surface area (Å²) in [5.74, 6) is 0.701. The van der Waals surface area contributed by atoms with Crippen LogP contribution in [-0.2, 0) is 9.59 Å². The van der Waals surface area contributed by atoms with Gasteiger partial charge in [-0.3, -0.25) is 14.5 Å². The molecule has 0 aliphatic carbocycles. The standard InChI is InChI=1S/C16H27NO2/c18-15-8-4-2-1-3-7-14-13-17(14)12-6-11-16(19)10-5-9-15/h14H,1-13H2. The predicted molar refractivity (Wildman–Crippen MR) is 76.2 cm³/mol. The Labute approximate surface area is 116 Å². The highest BCUT2D eigenvalue weighted by molar-refractivity contribution is 5.81. The molecule has 0 amide bonds. The van der Waals surface area contributed by atoms with Crippen molar-refractivity contribution in [3.8, 4) is 0 Å². The second-order valence-corrected chi connectivity index (χ2v) is 6.14. The van der Waals surface area contributed by atoms with Gasteiger partial charge in [-0.2, -0.15) is 0 Å². The van der Waals surface area contributed by atoms with E-state index >= 15 is 0 Å². The summed E-state index contributed by atoms with van der Waals surface area (Å²) in [4.78, 5) is 25.8. The summed E-state index contributed by atoms with van der Waals surface area (Å²) in [6, 6.07) is 0.796. The van der Waals surface area contributed by atoms with Crippen LogP contribution in [0.2, 0.25) is 0 Å². The van der Waals surface area contributed by atoms with Crippen LogP contribution in [0.15, 0.2) is 0 Å². The van der Waals surface area contributed by atoms with Gasteiger partial charge in [0.1, 0.15) is 11.6 Å². The minimum absolute atomic E-state index is 0.346. The molecule has 0 N–H and O–H groups in total. The lowest BCUT2D eigenvalue weighted by molar-refractivity contribution is -0.120. The van der Waals surface area contributed by atoms with Gasteiger partial charge in [0.05, 0.1) is 0 Å². The summed E-state index contributed by atoms with van der Waals surface area (Å²) < 4.78 is 0. The minimum atomic E-state index is 0.346. The summed E-state index contributed by atoms with van der Waals surface area (Å²) in [5, 5.41) is 0. The second-order valence-electron chi connectivity index (χ2n) is 6.14. The van der Waals surface area contributed by atoms with E-state index in [0.29, 0.717) is 30.8 Å². The van der Waals surface area contributed by atoms with Crippen molar-refractivity contribution in [3.05, 3.63) is 0 Å². The largest absolute Gasteiger partial charge is 0.300 e. The molecule has 2 aliphatic heterocycles. The molecule has 2 heterocycles. The third-order valence-corrected chi connectivity index (χ3v) is 4.38. The van der Waals surface area contributed by atoms with Crippen molar-refractivity contribution in [3.63, 3.8) is 0 Å². The number of carbonyl (C=O) groups is 2. The van der Waals surface area contributed by atoms with Crippen molar-refractivity contribution in [1.82, 2.24) is 4.90 Å². The van der Waals surface area contributed by atoms with E-state index in [9.17, 15) is 9.59 Å². The first kappa shape index (κ1) is 14.7. The highest BCUT2D eigenvalue weighted by Crippen LogP contribution is 2.24. The van der Waals surface area contributed by atoms with Crippen LogP contribution in [0.5, 0.6) is 0 Å². The van der Waals surface area contributed by atoms with Gasteiger partial charge >= 0.3 is 0 Å². The monoisotopic (exact) mass is 265 g/mol. The van der Waals surface area contributed by atoms with Crippen LogP contribution in [0.3, 0.4) is 0 Å². The number of nitrogens with zero attached hydrogens (tertiary/aromatic N) is 1. The number of ketones is 2. The molecular formula is C16H27NO2. The summed E-state index contributed by atoms with van der Waals surface area (Å²) >= 11 is 0. The van der Waals surface area contributed by atoms with Crippen molar-refractivity contribution >= 4 is 11.6 Å². The Kier molecular flexibility index (Phi) is 6.02. The number of carbonyl (C=O) groups excluding carboxylic acids is 2. The van der Waals surface area contributed by atoms with Crippen molar-refractivity contribution in [2.24, 2.45) is 0 Å². The number of rotatable bonds is 0. The Morgan fingerprint density at radius 1 is 0.737 bits per heavy atom. The Morgan fingerprint density at radius 2 is 1.37 bits per heavy atom. The third-order valence-electron chi connectivity index (χ3n) is 4.38. The van der Waals surface area contributed by atoms with Gasteiger partial charge in [0.15, 0.2) is 0 Å². The first-order chi connectivity index (χ1) is 9.25. The van der Waals surface area contributed by atoms with Crippen molar-refractivity contribution in [2.45, 2.75) is 76.7 Å². The van der Waals surface area contributed by atoms with Gasteiger partial charge in [0.25, 0.3) is 0 Å². The van der Waals surface area contributed by atoms with Gasteiger partial charge in [-0.05, 0) is 32.2 Å². The van der Waals surface area contributed by atoms with Crippen molar-refractivity contribution in [2.75, 3.05) is 13.1 Å².